The number of aryl methyl sites for hydroxylation is 1. The van der Waals surface area contributed by atoms with Gasteiger partial charge in [-0.2, -0.15) is 0 Å². The van der Waals surface area contributed by atoms with Crippen LogP contribution in [0, 0.1) is 6.92 Å². The average Bonchev–Trinajstić information content (AvgIpc) is 2.77. The number of carbonyl (C=O) groups excluding carboxylic acids is 1. The van der Waals surface area contributed by atoms with Gasteiger partial charge in [0.15, 0.2) is 11.5 Å². The molecule has 1 amide bonds. The van der Waals surface area contributed by atoms with E-state index >= 15 is 0 Å². The normalized spacial score (nSPS) is 14.6. The molecule has 0 radical (unpaired) electrons. The highest BCUT2D eigenvalue weighted by atomic mass is 16.1. The first kappa shape index (κ1) is 19.1. The highest BCUT2D eigenvalue weighted by molar-refractivity contribution is 6.02. The fraction of sp³-hybridized carbons (Fsp3) is 0.261. The number of aromatic nitrogens is 2. The SMILES string of the molecule is Cc1ccc(NC(=O)c2ccc(N3CCN(Cc4ccccc4)CC3)nn2)cc1. The van der Waals surface area contributed by atoms with E-state index in [0.717, 1.165) is 49.8 Å². The van der Waals surface area contributed by atoms with Gasteiger partial charge >= 0.3 is 0 Å². The third kappa shape index (κ3) is 4.97. The van der Waals surface area contributed by atoms with Gasteiger partial charge in [0, 0.05) is 38.4 Å². The third-order valence-corrected chi connectivity index (χ3v) is 5.14. The van der Waals surface area contributed by atoms with Gasteiger partial charge in [0.2, 0.25) is 0 Å². The molecule has 0 bridgehead atoms. The summed E-state index contributed by atoms with van der Waals surface area (Å²) in [5, 5.41) is 11.3. The number of carbonyl (C=O) groups is 1. The van der Waals surface area contributed by atoms with Crippen LogP contribution in [0.1, 0.15) is 21.6 Å². The second-order valence-corrected chi connectivity index (χ2v) is 7.35. The van der Waals surface area contributed by atoms with E-state index in [1.54, 1.807) is 6.07 Å². The van der Waals surface area contributed by atoms with E-state index in [2.05, 4.69) is 49.6 Å². The fourth-order valence-electron chi connectivity index (χ4n) is 3.42. The molecule has 148 valence electrons. The minimum Gasteiger partial charge on any atom is -0.353 e. The Bertz CT molecular complexity index is 933. The van der Waals surface area contributed by atoms with Crippen molar-refractivity contribution < 1.29 is 4.79 Å². The van der Waals surface area contributed by atoms with E-state index in [9.17, 15) is 4.79 Å². The zero-order chi connectivity index (χ0) is 20.1. The Morgan fingerprint density at radius 2 is 1.62 bits per heavy atom. The van der Waals surface area contributed by atoms with Gasteiger partial charge in [-0.3, -0.25) is 9.69 Å². The summed E-state index contributed by atoms with van der Waals surface area (Å²) in [6.07, 6.45) is 0. The fourth-order valence-corrected chi connectivity index (χ4v) is 3.42. The number of piperazine rings is 1. The molecular formula is C23H25N5O. The van der Waals surface area contributed by atoms with E-state index in [4.69, 9.17) is 0 Å². The second-order valence-electron chi connectivity index (χ2n) is 7.35. The van der Waals surface area contributed by atoms with Crippen LogP contribution in [0.25, 0.3) is 0 Å². The number of anilines is 2. The van der Waals surface area contributed by atoms with Gasteiger partial charge in [-0.05, 0) is 36.8 Å². The first-order valence-corrected chi connectivity index (χ1v) is 9.90. The second kappa shape index (κ2) is 8.84. The number of rotatable bonds is 5. The highest BCUT2D eigenvalue weighted by Gasteiger charge is 2.19. The van der Waals surface area contributed by atoms with Gasteiger partial charge in [-0.15, -0.1) is 10.2 Å². The molecule has 4 rings (SSSR count). The minimum absolute atomic E-state index is 0.249. The number of hydrogen-bond acceptors (Lipinski definition) is 5. The third-order valence-electron chi connectivity index (χ3n) is 5.14. The van der Waals surface area contributed by atoms with Crippen LogP contribution in [0.2, 0.25) is 0 Å². The predicted octanol–water partition coefficient (Wildman–Crippen LogP) is 3.36. The first-order valence-electron chi connectivity index (χ1n) is 9.90. The van der Waals surface area contributed by atoms with Crippen molar-refractivity contribution in [1.29, 1.82) is 0 Å². The Kier molecular flexibility index (Phi) is 5.81. The number of amides is 1. The van der Waals surface area contributed by atoms with Crippen LogP contribution >= 0.6 is 0 Å². The van der Waals surface area contributed by atoms with Crippen molar-refractivity contribution in [3.05, 3.63) is 83.6 Å². The molecule has 0 aliphatic carbocycles. The summed E-state index contributed by atoms with van der Waals surface area (Å²) in [4.78, 5) is 17.0. The molecule has 1 N–H and O–H groups in total. The maximum atomic E-state index is 12.4. The quantitative estimate of drug-likeness (QED) is 0.727. The lowest BCUT2D eigenvalue weighted by atomic mass is 10.2. The van der Waals surface area contributed by atoms with Gasteiger partial charge < -0.3 is 10.2 Å². The first-order chi connectivity index (χ1) is 14.2. The van der Waals surface area contributed by atoms with E-state index in [1.807, 2.05) is 43.3 Å². The van der Waals surface area contributed by atoms with Crippen LogP contribution < -0.4 is 10.2 Å². The van der Waals surface area contributed by atoms with E-state index in [1.165, 1.54) is 5.56 Å². The van der Waals surface area contributed by atoms with Crippen LogP contribution in [-0.2, 0) is 6.54 Å². The lowest BCUT2D eigenvalue weighted by molar-refractivity contribution is 0.102. The lowest BCUT2D eigenvalue weighted by Gasteiger charge is -2.35. The molecule has 2 heterocycles. The minimum atomic E-state index is -0.249. The standard InChI is InChI=1S/C23H25N5O/c1-18-7-9-20(10-8-18)24-23(29)21-11-12-22(26-25-21)28-15-13-27(14-16-28)17-19-5-3-2-4-6-19/h2-12H,13-17H2,1H3,(H,24,29). The Hall–Kier alpha value is -3.25. The molecule has 0 unspecified atom stereocenters. The van der Waals surface area contributed by atoms with Crippen LogP contribution in [0.3, 0.4) is 0 Å². The lowest BCUT2D eigenvalue weighted by Crippen LogP contribution is -2.46. The molecule has 0 atom stereocenters. The maximum absolute atomic E-state index is 12.4. The zero-order valence-corrected chi connectivity index (χ0v) is 16.6. The number of hydrogen-bond donors (Lipinski definition) is 1. The summed E-state index contributed by atoms with van der Waals surface area (Å²) in [7, 11) is 0. The Balaban J connectivity index is 1.31. The largest absolute Gasteiger partial charge is 0.353 e. The Labute approximate surface area is 171 Å². The van der Waals surface area contributed by atoms with Crippen molar-refractivity contribution in [2.75, 3.05) is 36.4 Å². The predicted molar refractivity (Wildman–Crippen MR) is 115 cm³/mol. The van der Waals surface area contributed by atoms with Crippen molar-refractivity contribution in [1.82, 2.24) is 15.1 Å². The molecule has 1 aliphatic rings. The molecule has 6 nitrogen and oxygen atoms in total. The summed E-state index contributed by atoms with van der Waals surface area (Å²) in [5.74, 6) is 0.567. The van der Waals surface area contributed by atoms with Gasteiger partial charge in [-0.25, -0.2) is 0 Å². The van der Waals surface area contributed by atoms with E-state index < -0.39 is 0 Å². The van der Waals surface area contributed by atoms with Crippen molar-refractivity contribution in [2.45, 2.75) is 13.5 Å². The average molecular weight is 387 g/mol. The summed E-state index contributed by atoms with van der Waals surface area (Å²) in [6.45, 7) is 6.74. The van der Waals surface area contributed by atoms with Gasteiger partial charge in [0.05, 0.1) is 0 Å². The molecule has 1 aliphatic heterocycles. The molecule has 29 heavy (non-hydrogen) atoms. The topological polar surface area (TPSA) is 61.4 Å². The monoisotopic (exact) mass is 387 g/mol. The number of nitrogens with zero attached hydrogens (tertiary/aromatic N) is 4. The van der Waals surface area contributed by atoms with Crippen LogP contribution in [-0.4, -0.2) is 47.2 Å². The summed E-state index contributed by atoms with van der Waals surface area (Å²) in [5.41, 5.74) is 3.55. The van der Waals surface area contributed by atoms with Gasteiger partial charge in [0.1, 0.15) is 0 Å². The van der Waals surface area contributed by atoms with Gasteiger partial charge in [0.25, 0.3) is 5.91 Å². The maximum Gasteiger partial charge on any atom is 0.276 e. The zero-order valence-electron chi connectivity index (χ0n) is 16.6. The summed E-state index contributed by atoms with van der Waals surface area (Å²) < 4.78 is 0. The molecule has 1 aromatic heterocycles. The van der Waals surface area contributed by atoms with Crippen LogP contribution in [0.5, 0.6) is 0 Å². The molecule has 3 aromatic rings. The van der Waals surface area contributed by atoms with Crippen LogP contribution in [0.15, 0.2) is 66.7 Å². The van der Waals surface area contributed by atoms with E-state index in [-0.39, 0.29) is 5.91 Å². The molecule has 1 saturated heterocycles. The Morgan fingerprint density at radius 3 is 2.28 bits per heavy atom. The molecular weight excluding hydrogens is 362 g/mol. The summed E-state index contributed by atoms with van der Waals surface area (Å²) in [6, 6.07) is 21.8. The molecule has 6 heteroatoms. The van der Waals surface area contributed by atoms with Gasteiger partial charge in [-0.1, -0.05) is 48.0 Å². The van der Waals surface area contributed by atoms with Crippen molar-refractivity contribution in [2.24, 2.45) is 0 Å². The molecule has 0 spiro atoms. The highest BCUT2D eigenvalue weighted by Crippen LogP contribution is 2.15. The van der Waals surface area contributed by atoms with Crippen molar-refractivity contribution in [3.63, 3.8) is 0 Å². The van der Waals surface area contributed by atoms with Crippen molar-refractivity contribution >= 4 is 17.4 Å². The number of benzene rings is 2. The molecule has 2 aromatic carbocycles. The Morgan fingerprint density at radius 1 is 0.897 bits per heavy atom. The molecule has 1 fully saturated rings. The number of nitrogens with one attached hydrogen (secondary N) is 1. The van der Waals surface area contributed by atoms with Crippen molar-refractivity contribution in [3.8, 4) is 0 Å². The van der Waals surface area contributed by atoms with Crippen LogP contribution in [0.4, 0.5) is 11.5 Å². The summed E-state index contributed by atoms with van der Waals surface area (Å²) >= 11 is 0. The smallest absolute Gasteiger partial charge is 0.276 e. The van der Waals surface area contributed by atoms with E-state index in [0.29, 0.717) is 5.69 Å². The molecule has 0 saturated carbocycles.